The molecule has 0 spiro atoms. The standard InChI is InChI=1S/3C10H22FNO.CH4/c3*1-2-10(12,9-13)7-5-3-4-6-8-11;/h3*13H,2-9,12H2,1H3;1H4/i3*11-1;. The maximum absolute atomic E-state index is 11.7. The minimum Gasteiger partial charge on any atom is -0.394 e. The van der Waals surface area contributed by atoms with Crippen molar-refractivity contribution in [2.24, 2.45) is 17.2 Å². The summed E-state index contributed by atoms with van der Waals surface area (Å²) in [6.07, 6.45) is 15.7. The summed E-state index contributed by atoms with van der Waals surface area (Å²) < 4.78 is 35.2. The SMILES string of the molecule is C.CCC(N)(CO)CCCCCC[18F].CCC(N)(CO)CCCCCC[18F].CCC(N)(CO)CCCCCC[18F]. The molecule has 0 aliphatic heterocycles. The van der Waals surface area contributed by atoms with Gasteiger partial charge in [-0.25, -0.2) is 0 Å². The lowest BCUT2D eigenvalue weighted by Gasteiger charge is -2.25. The third kappa shape index (κ3) is 29.1. The molecule has 9 heteroatoms. The van der Waals surface area contributed by atoms with Crippen LogP contribution >= 0.6 is 0 Å². The monoisotopic (exact) mass is 587 g/mol. The average molecular weight is 587 g/mol. The highest BCUT2D eigenvalue weighted by atomic mass is 18.2. The molecule has 0 amide bonds. The molecule has 0 rings (SSSR count). The van der Waals surface area contributed by atoms with Crippen LogP contribution in [0.3, 0.4) is 0 Å². The van der Waals surface area contributed by atoms with E-state index in [0.717, 1.165) is 96.3 Å². The third-order valence-corrected chi connectivity index (χ3v) is 7.73. The van der Waals surface area contributed by atoms with Crippen LogP contribution in [0.25, 0.3) is 0 Å². The summed E-state index contributed by atoms with van der Waals surface area (Å²) in [4.78, 5) is 0. The minimum absolute atomic E-state index is 0. The number of unbranched alkanes of at least 4 members (excludes halogenated alkanes) is 9. The highest BCUT2D eigenvalue weighted by molar-refractivity contribution is 4.82. The number of nitrogens with two attached hydrogens (primary N) is 3. The number of aliphatic hydroxyl groups is 3. The lowest BCUT2D eigenvalue weighted by atomic mass is 9.91. The highest BCUT2D eigenvalue weighted by Gasteiger charge is 2.21. The summed E-state index contributed by atoms with van der Waals surface area (Å²) >= 11 is 0. The summed E-state index contributed by atoms with van der Waals surface area (Å²) in [6, 6.07) is 0. The Kier molecular flexibility index (Phi) is 36.6. The summed E-state index contributed by atoms with van der Waals surface area (Å²) in [6.45, 7) is 5.43. The Morgan fingerprint density at radius 1 is 0.425 bits per heavy atom. The molecule has 3 atom stereocenters. The predicted octanol–water partition coefficient (Wildman–Crippen LogP) is 6.65. The zero-order valence-electron chi connectivity index (χ0n) is 25.7. The van der Waals surface area contributed by atoms with Crippen LogP contribution in [-0.4, -0.2) is 71.8 Å². The van der Waals surface area contributed by atoms with Gasteiger partial charge in [0.15, 0.2) is 0 Å². The number of hydrogen-bond donors (Lipinski definition) is 6. The molecule has 0 bridgehead atoms. The van der Waals surface area contributed by atoms with E-state index in [1.165, 1.54) is 0 Å². The number of hydrogen-bond acceptors (Lipinski definition) is 6. The molecule has 0 aromatic rings. The topological polar surface area (TPSA) is 139 Å². The largest absolute Gasteiger partial charge is 0.394 e. The fraction of sp³-hybridized carbons (Fsp3) is 1.00. The molecule has 0 aromatic heterocycles. The van der Waals surface area contributed by atoms with E-state index in [1.54, 1.807) is 0 Å². The van der Waals surface area contributed by atoms with Gasteiger partial charge in [-0.05, 0) is 57.8 Å². The van der Waals surface area contributed by atoms with Crippen molar-refractivity contribution in [3.63, 3.8) is 0 Å². The van der Waals surface area contributed by atoms with Crippen molar-refractivity contribution in [2.45, 2.75) is 160 Å². The van der Waals surface area contributed by atoms with Gasteiger partial charge in [-0.15, -0.1) is 0 Å². The first-order valence-corrected chi connectivity index (χ1v) is 15.4. The van der Waals surface area contributed by atoms with Gasteiger partial charge in [-0.1, -0.05) is 86.0 Å². The Morgan fingerprint density at radius 3 is 0.775 bits per heavy atom. The second-order valence-corrected chi connectivity index (χ2v) is 11.2. The lowest BCUT2D eigenvalue weighted by molar-refractivity contribution is 0.179. The molecule has 0 saturated carbocycles. The van der Waals surface area contributed by atoms with E-state index >= 15 is 0 Å². The minimum atomic E-state index is -0.407. The first kappa shape index (κ1) is 46.5. The van der Waals surface area contributed by atoms with E-state index in [-0.39, 0.29) is 47.3 Å². The molecule has 0 fully saturated rings. The average Bonchev–Trinajstić information content (AvgIpc) is 2.97. The van der Waals surface area contributed by atoms with Gasteiger partial charge in [0.1, 0.15) is 0 Å². The van der Waals surface area contributed by atoms with Gasteiger partial charge in [-0.3, -0.25) is 13.2 Å². The molecule has 3 unspecified atom stereocenters. The molecular weight excluding hydrogens is 516 g/mol. The quantitative estimate of drug-likeness (QED) is 0.0700. The van der Waals surface area contributed by atoms with Crippen molar-refractivity contribution in [3.05, 3.63) is 0 Å². The van der Waals surface area contributed by atoms with Crippen LogP contribution in [0.2, 0.25) is 0 Å². The molecule has 0 saturated heterocycles. The molecule has 248 valence electrons. The van der Waals surface area contributed by atoms with Crippen molar-refractivity contribution in [2.75, 3.05) is 39.8 Å². The van der Waals surface area contributed by atoms with E-state index in [9.17, 15) is 13.2 Å². The summed E-state index contributed by atoms with van der Waals surface area (Å²) in [5, 5.41) is 27.0. The smallest absolute Gasteiger partial charge is 0.0894 e. The Balaban J connectivity index is -0.000000240. The number of rotatable bonds is 24. The Bertz CT molecular complexity index is 413. The second-order valence-electron chi connectivity index (χ2n) is 11.2. The van der Waals surface area contributed by atoms with E-state index < -0.39 is 16.6 Å². The molecular formula is C31H70F3N3O3. The van der Waals surface area contributed by atoms with E-state index in [4.69, 9.17) is 32.5 Å². The Labute approximate surface area is 246 Å². The van der Waals surface area contributed by atoms with Crippen LogP contribution in [0.5, 0.6) is 0 Å². The maximum Gasteiger partial charge on any atom is 0.0894 e. The zero-order valence-corrected chi connectivity index (χ0v) is 25.7. The Hall–Kier alpha value is -0.450. The van der Waals surface area contributed by atoms with Crippen molar-refractivity contribution in [1.82, 2.24) is 0 Å². The molecule has 40 heavy (non-hydrogen) atoms. The summed E-state index contributed by atoms with van der Waals surface area (Å²) in [5.41, 5.74) is 16.4. The normalized spacial score (nSPS) is 15.3. The first-order valence-electron chi connectivity index (χ1n) is 15.4. The van der Waals surface area contributed by atoms with Gasteiger partial charge >= 0.3 is 0 Å². The van der Waals surface area contributed by atoms with Crippen molar-refractivity contribution < 1.29 is 28.5 Å². The fourth-order valence-electron chi connectivity index (χ4n) is 3.88. The van der Waals surface area contributed by atoms with E-state index in [1.807, 2.05) is 20.8 Å². The van der Waals surface area contributed by atoms with E-state index in [2.05, 4.69) is 0 Å². The van der Waals surface area contributed by atoms with Crippen LogP contribution in [0, 0.1) is 0 Å². The molecule has 0 heterocycles. The number of aliphatic hydroxyl groups excluding tert-OH is 3. The van der Waals surface area contributed by atoms with Crippen LogP contribution < -0.4 is 17.2 Å². The Morgan fingerprint density at radius 2 is 0.625 bits per heavy atom. The van der Waals surface area contributed by atoms with Crippen LogP contribution in [0.1, 0.15) is 144 Å². The number of halogens is 3. The fourth-order valence-corrected chi connectivity index (χ4v) is 3.88. The third-order valence-electron chi connectivity index (χ3n) is 7.73. The number of alkyl halides is 3. The van der Waals surface area contributed by atoms with Gasteiger partial charge in [0.05, 0.1) is 39.8 Å². The van der Waals surface area contributed by atoms with Gasteiger partial charge in [-0.2, -0.15) is 0 Å². The maximum atomic E-state index is 11.7. The first-order chi connectivity index (χ1) is 18.5. The molecule has 0 radical (unpaired) electrons. The second kappa shape index (κ2) is 31.5. The molecule has 9 N–H and O–H groups in total. The zero-order chi connectivity index (χ0) is 30.5. The van der Waals surface area contributed by atoms with Gasteiger partial charge in [0.2, 0.25) is 0 Å². The predicted molar refractivity (Wildman–Crippen MR) is 167 cm³/mol. The van der Waals surface area contributed by atoms with Gasteiger partial charge < -0.3 is 32.5 Å². The molecule has 0 aliphatic rings. The molecule has 6 nitrogen and oxygen atoms in total. The van der Waals surface area contributed by atoms with Crippen molar-refractivity contribution in [3.8, 4) is 0 Å². The molecule has 0 aromatic carbocycles. The van der Waals surface area contributed by atoms with Crippen molar-refractivity contribution in [1.29, 1.82) is 0 Å². The van der Waals surface area contributed by atoms with E-state index in [0.29, 0.717) is 19.3 Å². The van der Waals surface area contributed by atoms with Crippen LogP contribution in [-0.2, 0) is 0 Å². The van der Waals surface area contributed by atoms with Crippen molar-refractivity contribution >= 4 is 0 Å². The summed E-state index contributed by atoms with van der Waals surface area (Å²) in [5.74, 6) is 0. The lowest BCUT2D eigenvalue weighted by Crippen LogP contribution is -2.42. The summed E-state index contributed by atoms with van der Waals surface area (Å²) in [7, 11) is 0. The van der Waals surface area contributed by atoms with Gasteiger partial charge in [0.25, 0.3) is 0 Å². The van der Waals surface area contributed by atoms with Crippen LogP contribution in [0.4, 0.5) is 13.2 Å². The highest BCUT2D eigenvalue weighted by Crippen LogP contribution is 2.17. The van der Waals surface area contributed by atoms with Gasteiger partial charge in [0, 0.05) is 16.6 Å². The van der Waals surface area contributed by atoms with Crippen LogP contribution in [0.15, 0.2) is 0 Å². The molecule has 0 aliphatic carbocycles.